The van der Waals surface area contributed by atoms with Gasteiger partial charge in [0.25, 0.3) is 5.91 Å². The molecule has 1 saturated heterocycles. The molecule has 0 aliphatic carbocycles. The smallest absolute Gasteiger partial charge is 0.308 e. The molecule has 2 aromatic rings. The lowest BCUT2D eigenvalue weighted by molar-refractivity contribution is -0.141. The largest absolute Gasteiger partial charge is 0.481 e. The molecule has 2 heterocycles. The van der Waals surface area contributed by atoms with Crippen LogP contribution in [0, 0.1) is 5.92 Å². The molecule has 0 spiro atoms. The molecule has 2 unspecified atom stereocenters. The Morgan fingerprint density at radius 3 is 2.58 bits per heavy atom. The highest BCUT2D eigenvalue weighted by Gasteiger charge is 2.34. The Kier molecular flexibility index (Phi) is 5.68. The maximum atomic E-state index is 12.9. The van der Waals surface area contributed by atoms with Gasteiger partial charge < -0.3 is 15.3 Å². The summed E-state index contributed by atoms with van der Waals surface area (Å²) >= 11 is 1.31. The molecule has 136 valence electrons. The minimum atomic E-state index is -0.887. The Bertz CT molecular complexity index is 776. The number of benzene rings is 1. The monoisotopic (exact) mass is 372 g/mol. The van der Waals surface area contributed by atoms with Gasteiger partial charge in [-0.25, -0.2) is 0 Å². The van der Waals surface area contributed by atoms with Crippen LogP contribution in [0.15, 0.2) is 47.8 Å². The maximum Gasteiger partial charge on any atom is 0.308 e. The number of amides is 2. The van der Waals surface area contributed by atoms with Crippen molar-refractivity contribution in [3.05, 3.63) is 58.3 Å². The van der Waals surface area contributed by atoms with Crippen molar-refractivity contribution in [1.82, 2.24) is 10.2 Å². The third-order valence-corrected chi connectivity index (χ3v) is 5.35. The predicted molar refractivity (Wildman–Crippen MR) is 98.0 cm³/mol. The SMILES string of the molecule is O=C(NC(Cc1ccccc1)C(=O)N1CCC(C(=O)O)C1)c1cccs1. The summed E-state index contributed by atoms with van der Waals surface area (Å²) < 4.78 is 0. The van der Waals surface area contributed by atoms with Crippen molar-refractivity contribution in [3.8, 4) is 0 Å². The van der Waals surface area contributed by atoms with Gasteiger partial charge in [-0.15, -0.1) is 11.3 Å². The summed E-state index contributed by atoms with van der Waals surface area (Å²) in [4.78, 5) is 38.6. The molecule has 26 heavy (non-hydrogen) atoms. The normalized spacial score (nSPS) is 17.7. The molecule has 3 rings (SSSR count). The first-order chi connectivity index (χ1) is 12.5. The lowest BCUT2D eigenvalue weighted by atomic mass is 10.0. The molecule has 2 atom stereocenters. The molecule has 1 aromatic heterocycles. The van der Waals surface area contributed by atoms with Crippen LogP contribution in [-0.4, -0.2) is 46.9 Å². The number of carbonyl (C=O) groups is 3. The van der Waals surface area contributed by atoms with Gasteiger partial charge in [0.15, 0.2) is 0 Å². The van der Waals surface area contributed by atoms with Crippen molar-refractivity contribution >= 4 is 29.1 Å². The number of nitrogens with zero attached hydrogens (tertiary/aromatic N) is 1. The van der Waals surface area contributed by atoms with E-state index >= 15 is 0 Å². The molecule has 1 aromatic carbocycles. The van der Waals surface area contributed by atoms with E-state index in [1.807, 2.05) is 30.3 Å². The van der Waals surface area contributed by atoms with Gasteiger partial charge in [-0.1, -0.05) is 36.4 Å². The predicted octanol–water partition coefficient (Wildman–Crippen LogP) is 2.02. The first kappa shape index (κ1) is 18.1. The average molecular weight is 372 g/mol. The maximum absolute atomic E-state index is 12.9. The number of hydrogen-bond donors (Lipinski definition) is 2. The lowest BCUT2D eigenvalue weighted by Gasteiger charge is -2.24. The Hall–Kier alpha value is -2.67. The van der Waals surface area contributed by atoms with Crippen LogP contribution in [0.3, 0.4) is 0 Å². The molecular formula is C19H20N2O4S. The van der Waals surface area contributed by atoms with Crippen LogP contribution in [0.2, 0.25) is 0 Å². The highest BCUT2D eigenvalue weighted by atomic mass is 32.1. The summed E-state index contributed by atoms with van der Waals surface area (Å²) in [5.74, 6) is -1.95. The average Bonchev–Trinajstić information content (AvgIpc) is 3.33. The van der Waals surface area contributed by atoms with E-state index in [1.165, 1.54) is 11.3 Å². The van der Waals surface area contributed by atoms with E-state index in [4.69, 9.17) is 5.11 Å². The molecule has 1 aliphatic rings. The highest BCUT2D eigenvalue weighted by Crippen LogP contribution is 2.19. The highest BCUT2D eigenvalue weighted by molar-refractivity contribution is 7.12. The zero-order valence-electron chi connectivity index (χ0n) is 14.1. The van der Waals surface area contributed by atoms with E-state index in [1.54, 1.807) is 22.4 Å². The van der Waals surface area contributed by atoms with Crippen LogP contribution >= 0.6 is 11.3 Å². The number of aliphatic carboxylic acids is 1. The number of carboxylic acid groups (broad SMARTS) is 1. The molecular weight excluding hydrogens is 352 g/mol. The van der Waals surface area contributed by atoms with Gasteiger partial charge in [0, 0.05) is 19.5 Å². The van der Waals surface area contributed by atoms with Crippen molar-refractivity contribution in [2.24, 2.45) is 5.92 Å². The van der Waals surface area contributed by atoms with E-state index in [-0.39, 0.29) is 18.4 Å². The summed E-state index contributed by atoms with van der Waals surface area (Å²) in [7, 11) is 0. The summed E-state index contributed by atoms with van der Waals surface area (Å²) in [6.07, 6.45) is 0.809. The van der Waals surface area contributed by atoms with Crippen LogP contribution in [0.5, 0.6) is 0 Å². The molecule has 0 saturated carbocycles. The third kappa shape index (κ3) is 4.29. The van der Waals surface area contributed by atoms with Crippen molar-refractivity contribution in [1.29, 1.82) is 0 Å². The second-order valence-corrected chi connectivity index (χ2v) is 7.25. The number of thiophene rings is 1. The molecule has 1 aliphatic heterocycles. The van der Waals surface area contributed by atoms with E-state index < -0.39 is 17.9 Å². The Morgan fingerprint density at radius 1 is 1.19 bits per heavy atom. The van der Waals surface area contributed by atoms with Crippen LogP contribution in [0.4, 0.5) is 0 Å². The van der Waals surface area contributed by atoms with Crippen molar-refractivity contribution in [2.75, 3.05) is 13.1 Å². The number of likely N-dealkylation sites (tertiary alicyclic amines) is 1. The summed E-state index contributed by atoms with van der Waals surface area (Å²) in [5.41, 5.74) is 0.936. The number of nitrogens with one attached hydrogen (secondary N) is 1. The van der Waals surface area contributed by atoms with Crippen molar-refractivity contribution < 1.29 is 19.5 Å². The fraction of sp³-hybridized carbons (Fsp3) is 0.316. The molecule has 0 bridgehead atoms. The molecule has 2 N–H and O–H groups in total. The van der Waals surface area contributed by atoms with Gasteiger partial charge in [-0.05, 0) is 23.4 Å². The second-order valence-electron chi connectivity index (χ2n) is 6.30. The van der Waals surface area contributed by atoms with Gasteiger partial charge in [0.05, 0.1) is 10.8 Å². The Labute approximate surface area is 155 Å². The summed E-state index contributed by atoms with van der Waals surface area (Å²) in [6, 6.07) is 12.2. The number of rotatable bonds is 6. The van der Waals surface area contributed by atoms with Gasteiger partial charge >= 0.3 is 5.97 Å². The Morgan fingerprint density at radius 2 is 1.96 bits per heavy atom. The second kappa shape index (κ2) is 8.14. The van der Waals surface area contributed by atoms with Crippen LogP contribution in [0.1, 0.15) is 21.7 Å². The van der Waals surface area contributed by atoms with Gasteiger partial charge in [-0.2, -0.15) is 0 Å². The molecule has 7 heteroatoms. The topological polar surface area (TPSA) is 86.7 Å². The van der Waals surface area contributed by atoms with E-state index in [0.717, 1.165) is 5.56 Å². The van der Waals surface area contributed by atoms with E-state index in [0.29, 0.717) is 24.3 Å². The van der Waals surface area contributed by atoms with Crippen molar-refractivity contribution in [2.45, 2.75) is 18.9 Å². The van der Waals surface area contributed by atoms with Crippen LogP contribution in [-0.2, 0) is 16.0 Å². The van der Waals surface area contributed by atoms with E-state index in [2.05, 4.69) is 5.32 Å². The zero-order chi connectivity index (χ0) is 18.5. The number of carboxylic acids is 1. The number of hydrogen-bond acceptors (Lipinski definition) is 4. The fourth-order valence-corrected chi connectivity index (χ4v) is 3.70. The van der Waals surface area contributed by atoms with Gasteiger partial charge in [0.2, 0.25) is 5.91 Å². The first-order valence-electron chi connectivity index (χ1n) is 8.44. The quantitative estimate of drug-likeness (QED) is 0.812. The molecule has 1 fully saturated rings. The minimum Gasteiger partial charge on any atom is -0.481 e. The molecule has 0 radical (unpaired) electrons. The zero-order valence-corrected chi connectivity index (χ0v) is 14.9. The first-order valence-corrected chi connectivity index (χ1v) is 9.32. The lowest BCUT2D eigenvalue weighted by Crippen LogP contribution is -2.49. The molecule has 6 nitrogen and oxygen atoms in total. The van der Waals surface area contributed by atoms with E-state index in [9.17, 15) is 14.4 Å². The molecule has 2 amide bonds. The third-order valence-electron chi connectivity index (χ3n) is 4.48. The number of carbonyl (C=O) groups excluding carboxylic acids is 2. The van der Waals surface area contributed by atoms with Crippen molar-refractivity contribution in [3.63, 3.8) is 0 Å². The van der Waals surface area contributed by atoms with Gasteiger partial charge in [0.1, 0.15) is 6.04 Å². The fourth-order valence-electron chi connectivity index (χ4n) is 3.07. The minimum absolute atomic E-state index is 0.189. The Balaban J connectivity index is 1.74. The van der Waals surface area contributed by atoms with Crippen LogP contribution < -0.4 is 5.32 Å². The summed E-state index contributed by atoms with van der Waals surface area (Å²) in [6.45, 7) is 0.588. The van der Waals surface area contributed by atoms with Gasteiger partial charge in [-0.3, -0.25) is 14.4 Å². The van der Waals surface area contributed by atoms with Crippen LogP contribution in [0.25, 0.3) is 0 Å². The summed E-state index contributed by atoms with van der Waals surface area (Å²) in [5, 5.41) is 13.8. The standard InChI is InChI=1S/C19H20N2O4S/c22-17(16-7-4-10-26-16)20-15(11-13-5-2-1-3-6-13)18(23)21-9-8-14(12-21)19(24)25/h1-7,10,14-15H,8-9,11-12H2,(H,20,22)(H,24,25).